The Labute approximate surface area is 97.7 Å². The van der Waals surface area contributed by atoms with Crippen LogP contribution in [0.3, 0.4) is 0 Å². The lowest BCUT2D eigenvalue weighted by atomic mass is 10.1. The van der Waals surface area contributed by atoms with Crippen molar-refractivity contribution < 1.29 is 10.2 Å². The van der Waals surface area contributed by atoms with Crippen LogP contribution in [-0.2, 0) is 0 Å². The summed E-state index contributed by atoms with van der Waals surface area (Å²) in [7, 11) is 1.77. The predicted molar refractivity (Wildman–Crippen MR) is 61.9 cm³/mol. The molecular weight excluding hydrogens is 269 g/mol. The molecule has 0 aliphatic rings. The third-order valence-electron chi connectivity index (χ3n) is 1.75. The largest absolute Gasteiger partial charge is 0.507 e. The molecular formula is C9H13BrClNO2. The summed E-state index contributed by atoms with van der Waals surface area (Å²) in [6.45, 7) is 0.473. The molecule has 0 saturated heterocycles. The highest BCUT2D eigenvalue weighted by Crippen LogP contribution is 2.26. The van der Waals surface area contributed by atoms with E-state index in [0.717, 1.165) is 0 Å². The van der Waals surface area contributed by atoms with Crippen molar-refractivity contribution in [2.75, 3.05) is 13.6 Å². The maximum Gasteiger partial charge on any atom is 0.130 e. The molecule has 1 rings (SSSR count). The molecule has 0 amide bonds. The van der Waals surface area contributed by atoms with Crippen molar-refractivity contribution in [3.8, 4) is 5.75 Å². The number of hydrogen-bond donors (Lipinski definition) is 3. The molecule has 0 bridgehead atoms. The van der Waals surface area contributed by atoms with Crippen molar-refractivity contribution in [2.24, 2.45) is 0 Å². The molecule has 0 fully saturated rings. The Bertz CT molecular complexity index is 296. The van der Waals surface area contributed by atoms with Crippen molar-refractivity contribution in [1.82, 2.24) is 5.32 Å². The van der Waals surface area contributed by atoms with Crippen LogP contribution in [0, 0.1) is 0 Å². The molecule has 0 spiro atoms. The third kappa shape index (κ3) is 3.46. The van der Waals surface area contributed by atoms with E-state index in [9.17, 15) is 10.2 Å². The van der Waals surface area contributed by atoms with E-state index in [4.69, 9.17) is 0 Å². The quantitative estimate of drug-likeness (QED) is 0.793. The van der Waals surface area contributed by atoms with Crippen molar-refractivity contribution in [1.29, 1.82) is 0 Å². The maximum atomic E-state index is 9.55. The fraction of sp³-hybridized carbons (Fsp3) is 0.333. The lowest BCUT2D eigenvalue weighted by Gasteiger charge is -2.10. The molecule has 0 heterocycles. The second-order valence-corrected chi connectivity index (χ2v) is 3.64. The van der Waals surface area contributed by atoms with Gasteiger partial charge in [0.2, 0.25) is 0 Å². The minimum Gasteiger partial charge on any atom is -0.507 e. The molecule has 1 atom stereocenters. The Morgan fingerprint density at radius 2 is 2.14 bits per heavy atom. The van der Waals surface area contributed by atoms with Gasteiger partial charge in [0.25, 0.3) is 0 Å². The van der Waals surface area contributed by atoms with Crippen LogP contribution < -0.4 is 5.32 Å². The van der Waals surface area contributed by atoms with Gasteiger partial charge in [-0.15, -0.1) is 12.4 Å². The van der Waals surface area contributed by atoms with Gasteiger partial charge < -0.3 is 15.5 Å². The number of halogens is 2. The van der Waals surface area contributed by atoms with Crippen molar-refractivity contribution in [2.45, 2.75) is 6.10 Å². The van der Waals surface area contributed by atoms with Crippen LogP contribution in [0.25, 0.3) is 0 Å². The number of nitrogens with one attached hydrogen (secondary N) is 1. The highest BCUT2D eigenvalue weighted by Gasteiger charge is 2.07. The molecule has 5 heteroatoms. The first-order valence-corrected chi connectivity index (χ1v) is 4.75. The average molecular weight is 283 g/mol. The molecule has 0 aliphatic carbocycles. The number of hydrogen-bond acceptors (Lipinski definition) is 3. The lowest BCUT2D eigenvalue weighted by Crippen LogP contribution is -2.16. The van der Waals surface area contributed by atoms with Gasteiger partial charge >= 0.3 is 0 Å². The summed E-state index contributed by atoms with van der Waals surface area (Å²) in [6.07, 6.45) is -0.580. The van der Waals surface area contributed by atoms with Gasteiger partial charge in [-0.2, -0.15) is 0 Å². The zero-order valence-corrected chi connectivity index (χ0v) is 10.1. The van der Waals surface area contributed by atoms with E-state index in [1.165, 1.54) is 0 Å². The molecule has 0 unspecified atom stereocenters. The van der Waals surface area contributed by atoms with Crippen LogP contribution in [0.1, 0.15) is 11.7 Å². The Morgan fingerprint density at radius 3 is 2.64 bits per heavy atom. The minimum absolute atomic E-state index is 0. The summed E-state index contributed by atoms with van der Waals surface area (Å²) >= 11 is 3.17. The van der Waals surface area contributed by atoms with Crippen molar-refractivity contribution in [3.05, 3.63) is 28.2 Å². The maximum absolute atomic E-state index is 9.55. The number of rotatable bonds is 3. The number of benzene rings is 1. The van der Waals surface area contributed by atoms with Gasteiger partial charge in [-0.25, -0.2) is 0 Å². The van der Waals surface area contributed by atoms with Crippen LogP contribution in [0.15, 0.2) is 22.7 Å². The van der Waals surface area contributed by atoms with E-state index in [1.807, 2.05) is 0 Å². The number of aliphatic hydroxyl groups is 1. The monoisotopic (exact) mass is 281 g/mol. The summed E-state index contributed by atoms with van der Waals surface area (Å²) in [5, 5.41) is 21.7. The Morgan fingerprint density at radius 1 is 1.50 bits per heavy atom. The number of aliphatic hydroxyl groups excluding tert-OH is 1. The van der Waals surface area contributed by atoms with Crippen LogP contribution >= 0.6 is 28.3 Å². The van der Waals surface area contributed by atoms with Gasteiger partial charge in [0, 0.05) is 6.54 Å². The molecule has 0 saturated carbocycles. The molecule has 0 aliphatic heterocycles. The zero-order valence-electron chi connectivity index (χ0n) is 7.70. The highest BCUT2D eigenvalue weighted by atomic mass is 79.9. The standard InChI is InChI=1S/C9H12BrNO2.ClH/c1-11-5-9(13)6-2-3-7(10)8(12)4-6;/h2-4,9,11-13H,5H2,1H3;1H/t9-;/m0./s1. The van der Waals surface area contributed by atoms with Gasteiger partial charge in [-0.3, -0.25) is 0 Å². The second-order valence-electron chi connectivity index (χ2n) is 2.78. The van der Waals surface area contributed by atoms with E-state index in [2.05, 4.69) is 21.2 Å². The molecule has 3 nitrogen and oxygen atoms in total. The molecule has 3 N–H and O–H groups in total. The number of aromatic hydroxyl groups is 1. The topological polar surface area (TPSA) is 52.5 Å². The van der Waals surface area contributed by atoms with E-state index in [0.29, 0.717) is 16.6 Å². The first-order chi connectivity index (χ1) is 6.15. The Hall–Kier alpha value is -0.290. The number of phenols is 1. The molecule has 1 aromatic carbocycles. The van der Waals surface area contributed by atoms with Crippen molar-refractivity contribution >= 4 is 28.3 Å². The molecule has 0 aromatic heterocycles. The van der Waals surface area contributed by atoms with Crippen LogP contribution in [0.4, 0.5) is 0 Å². The number of phenolic OH excluding ortho intramolecular Hbond substituents is 1. The third-order valence-corrected chi connectivity index (χ3v) is 2.42. The summed E-state index contributed by atoms with van der Waals surface area (Å²) in [4.78, 5) is 0. The minimum atomic E-state index is -0.580. The van der Waals surface area contributed by atoms with Gasteiger partial charge in [-0.1, -0.05) is 6.07 Å². The van der Waals surface area contributed by atoms with Gasteiger partial charge in [0.05, 0.1) is 10.6 Å². The normalized spacial score (nSPS) is 11.9. The predicted octanol–water partition coefficient (Wildman–Crippen LogP) is 1.83. The first kappa shape index (κ1) is 13.7. The highest BCUT2D eigenvalue weighted by molar-refractivity contribution is 9.10. The summed E-state index contributed by atoms with van der Waals surface area (Å²) in [6, 6.07) is 5.03. The van der Waals surface area contributed by atoms with Crippen LogP contribution in [0.5, 0.6) is 5.75 Å². The number of likely N-dealkylation sites (N-methyl/N-ethyl adjacent to an activating group) is 1. The van der Waals surface area contributed by atoms with Crippen LogP contribution in [0.2, 0.25) is 0 Å². The van der Waals surface area contributed by atoms with Gasteiger partial charge in [-0.05, 0) is 40.7 Å². The van der Waals surface area contributed by atoms with Gasteiger partial charge in [0.15, 0.2) is 0 Å². The summed E-state index contributed by atoms with van der Waals surface area (Å²) in [5.74, 6) is 0.146. The fourth-order valence-corrected chi connectivity index (χ4v) is 1.29. The summed E-state index contributed by atoms with van der Waals surface area (Å²) in [5.41, 5.74) is 0.704. The summed E-state index contributed by atoms with van der Waals surface area (Å²) < 4.78 is 0.632. The lowest BCUT2D eigenvalue weighted by molar-refractivity contribution is 0.177. The smallest absolute Gasteiger partial charge is 0.130 e. The van der Waals surface area contributed by atoms with Crippen molar-refractivity contribution in [3.63, 3.8) is 0 Å². The van der Waals surface area contributed by atoms with Gasteiger partial charge in [0.1, 0.15) is 5.75 Å². The molecule has 0 radical (unpaired) electrons. The first-order valence-electron chi connectivity index (χ1n) is 3.96. The van der Waals surface area contributed by atoms with E-state index in [-0.39, 0.29) is 18.2 Å². The fourth-order valence-electron chi connectivity index (χ4n) is 1.05. The SMILES string of the molecule is CNC[C@H](O)c1ccc(Br)c(O)c1.Cl. The molecule has 14 heavy (non-hydrogen) atoms. The Balaban J connectivity index is 0.00000169. The molecule has 1 aromatic rings. The zero-order chi connectivity index (χ0) is 9.84. The van der Waals surface area contributed by atoms with E-state index >= 15 is 0 Å². The van der Waals surface area contributed by atoms with E-state index in [1.54, 1.807) is 25.2 Å². The Kier molecular flexibility index (Phi) is 6.11. The molecule has 80 valence electrons. The second kappa shape index (κ2) is 6.24. The van der Waals surface area contributed by atoms with Crippen LogP contribution in [-0.4, -0.2) is 23.8 Å². The average Bonchev–Trinajstić information content (AvgIpc) is 2.10. The van der Waals surface area contributed by atoms with E-state index < -0.39 is 6.10 Å².